The third-order valence-electron chi connectivity index (χ3n) is 4.59. The molecule has 0 fully saturated rings. The summed E-state index contributed by atoms with van der Waals surface area (Å²) in [6.45, 7) is 2.05. The van der Waals surface area contributed by atoms with Crippen LogP contribution in [0.2, 0.25) is 0 Å². The van der Waals surface area contributed by atoms with Gasteiger partial charge in [0.25, 0.3) is 11.1 Å². The number of aromatic amines is 1. The van der Waals surface area contributed by atoms with Crippen molar-refractivity contribution in [3.63, 3.8) is 0 Å². The summed E-state index contributed by atoms with van der Waals surface area (Å²) in [5, 5.41) is 4.04. The smallest absolute Gasteiger partial charge is 0.282 e. The fraction of sp³-hybridized carbons (Fsp3) is 0.105. The van der Waals surface area contributed by atoms with Crippen LogP contribution in [0.5, 0.6) is 0 Å². The lowest BCUT2D eigenvalue weighted by molar-refractivity contribution is 0.487. The van der Waals surface area contributed by atoms with E-state index in [1.165, 1.54) is 22.1 Å². The number of nitrogens with one attached hydrogen (secondary N) is 1. The summed E-state index contributed by atoms with van der Waals surface area (Å²) in [4.78, 5) is 30.1. The normalized spacial score (nSPS) is 11.6. The third kappa shape index (κ3) is 2.45. The van der Waals surface area contributed by atoms with Crippen molar-refractivity contribution in [1.82, 2.24) is 19.3 Å². The number of thiazole rings is 1. The second-order valence-corrected chi connectivity index (χ2v) is 7.25. The van der Waals surface area contributed by atoms with E-state index in [4.69, 9.17) is 4.42 Å². The maximum Gasteiger partial charge on any atom is 0.282 e. The van der Waals surface area contributed by atoms with Gasteiger partial charge in [-0.3, -0.25) is 14.7 Å². The number of aryl methyl sites for hydroxylation is 1. The van der Waals surface area contributed by atoms with E-state index in [1.54, 1.807) is 29.9 Å². The van der Waals surface area contributed by atoms with Gasteiger partial charge in [0.2, 0.25) is 5.13 Å². The molecule has 0 saturated heterocycles. The number of furan rings is 1. The maximum absolute atomic E-state index is 13.1. The Labute approximate surface area is 156 Å². The number of rotatable bonds is 3. The number of nitrogens with zero attached hydrogens (tertiary/aromatic N) is 3. The van der Waals surface area contributed by atoms with E-state index >= 15 is 0 Å². The molecule has 1 aromatic carbocycles. The Bertz CT molecular complexity index is 1370. The van der Waals surface area contributed by atoms with Crippen LogP contribution in [0.4, 0.5) is 0 Å². The van der Waals surface area contributed by atoms with Crippen molar-refractivity contribution in [2.75, 3.05) is 0 Å². The van der Waals surface area contributed by atoms with Crippen molar-refractivity contribution < 1.29 is 4.42 Å². The maximum atomic E-state index is 13.1. The van der Waals surface area contributed by atoms with Gasteiger partial charge in [0.1, 0.15) is 5.76 Å². The van der Waals surface area contributed by atoms with Gasteiger partial charge in [-0.05, 0) is 31.2 Å². The van der Waals surface area contributed by atoms with Crippen LogP contribution < -0.4 is 11.1 Å². The highest BCUT2D eigenvalue weighted by Gasteiger charge is 2.17. The number of para-hydroxylation sites is 1. The summed E-state index contributed by atoms with van der Waals surface area (Å²) in [6.07, 6.45) is 1.56. The first-order valence-electron chi connectivity index (χ1n) is 8.35. The zero-order chi connectivity index (χ0) is 18.5. The molecule has 0 aliphatic heterocycles. The van der Waals surface area contributed by atoms with Crippen LogP contribution >= 0.6 is 11.3 Å². The molecular formula is C19H14N4O3S. The molecule has 0 radical (unpaired) electrons. The molecule has 5 rings (SSSR count). The van der Waals surface area contributed by atoms with Crippen LogP contribution in [0.25, 0.3) is 26.3 Å². The lowest BCUT2D eigenvalue weighted by Crippen LogP contribution is -2.23. The molecule has 0 spiro atoms. The highest BCUT2D eigenvalue weighted by atomic mass is 32.1. The monoisotopic (exact) mass is 378 g/mol. The van der Waals surface area contributed by atoms with E-state index < -0.39 is 0 Å². The standard InChI is InChI=1S/C19H14N4O3S/c1-11-17-14(9-16(24)22(11)10-12-5-4-8-26-12)21-23(18(17)25)19-20-13-6-2-3-7-15(13)27-19/h2-9,21H,10H2,1H3. The second kappa shape index (κ2) is 5.82. The summed E-state index contributed by atoms with van der Waals surface area (Å²) in [5.74, 6) is 0.654. The Morgan fingerprint density at radius 2 is 2.04 bits per heavy atom. The zero-order valence-corrected chi connectivity index (χ0v) is 15.1. The minimum Gasteiger partial charge on any atom is -0.467 e. The average Bonchev–Trinajstić information content (AvgIpc) is 3.37. The van der Waals surface area contributed by atoms with Gasteiger partial charge < -0.3 is 8.98 Å². The molecule has 1 N–H and O–H groups in total. The first-order valence-corrected chi connectivity index (χ1v) is 9.17. The zero-order valence-electron chi connectivity index (χ0n) is 14.3. The van der Waals surface area contributed by atoms with Crippen LogP contribution in [0.1, 0.15) is 11.5 Å². The Hall–Kier alpha value is -3.39. The van der Waals surface area contributed by atoms with Crippen molar-refractivity contribution in [2.45, 2.75) is 13.5 Å². The third-order valence-corrected chi connectivity index (χ3v) is 5.61. The molecular weight excluding hydrogens is 364 g/mol. The van der Waals surface area contributed by atoms with Crippen LogP contribution in [0, 0.1) is 6.92 Å². The number of aromatic nitrogens is 4. The van der Waals surface area contributed by atoms with E-state index in [0.29, 0.717) is 27.5 Å². The van der Waals surface area contributed by atoms with Gasteiger partial charge >= 0.3 is 0 Å². The van der Waals surface area contributed by atoms with Gasteiger partial charge in [-0.2, -0.15) is 4.68 Å². The highest BCUT2D eigenvalue weighted by Crippen LogP contribution is 2.24. The molecule has 4 aromatic heterocycles. The van der Waals surface area contributed by atoms with Crippen molar-refractivity contribution >= 4 is 32.5 Å². The van der Waals surface area contributed by atoms with Gasteiger partial charge in [0.15, 0.2) is 0 Å². The molecule has 4 heterocycles. The second-order valence-electron chi connectivity index (χ2n) is 6.24. The number of pyridine rings is 1. The summed E-state index contributed by atoms with van der Waals surface area (Å²) >= 11 is 1.42. The van der Waals surface area contributed by atoms with Crippen LogP contribution in [0.15, 0.2) is 62.7 Å². The van der Waals surface area contributed by atoms with Gasteiger partial charge in [0.05, 0.1) is 33.9 Å². The first-order chi connectivity index (χ1) is 13.1. The number of H-pyrrole nitrogens is 1. The number of fused-ring (bicyclic) bond motifs is 2. The lowest BCUT2D eigenvalue weighted by Gasteiger charge is -2.08. The van der Waals surface area contributed by atoms with Crippen LogP contribution in [0.3, 0.4) is 0 Å². The molecule has 8 heteroatoms. The topological polar surface area (TPSA) is 85.8 Å². The molecule has 0 aliphatic rings. The minimum atomic E-state index is -0.227. The predicted octanol–water partition coefficient (Wildman–Crippen LogP) is 3.04. The molecule has 7 nitrogen and oxygen atoms in total. The fourth-order valence-corrected chi connectivity index (χ4v) is 4.18. The van der Waals surface area contributed by atoms with Crippen molar-refractivity contribution in [3.05, 3.63) is 80.9 Å². The number of hydrogen-bond donors (Lipinski definition) is 1. The summed E-state index contributed by atoms with van der Waals surface area (Å²) in [6, 6.07) is 12.7. The Morgan fingerprint density at radius 3 is 2.81 bits per heavy atom. The summed E-state index contributed by atoms with van der Waals surface area (Å²) in [5.41, 5.74) is 1.49. The molecule has 0 bridgehead atoms. The van der Waals surface area contributed by atoms with E-state index in [0.717, 1.165) is 10.2 Å². The lowest BCUT2D eigenvalue weighted by atomic mass is 10.2. The van der Waals surface area contributed by atoms with Crippen LogP contribution in [-0.2, 0) is 6.54 Å². The summed E-state index contributed by atoms with van der Waals surface area (Å²) < 4.78 is 9.27. The number of hydrogen-bond acceptors (Lipinski definition) is 5. The number of benzene rings is 1. The van der Waals surface area contributed by atoms with Gasteiger partial charge in [-0.15, -0.1) is 0 Å². The molecule has 0 unspecified atom stereocenters. The quantitative estimate of drug-likeness (QED) is 0.523. The minimum absolute atomic E-state index is 0.200. The average molecular weight is 378 g/mol. The van der Waals surface area contributed by atoms with Crippen molar-refractivity contribution in [3.8, 4) is 5.13 Å². The van der Waals surface area contributed by atoms with E-state index in [9.17, 15) is 9.59 Å². The molecule has 0 atom stereocenters. The first kappa shape index (κ1) is 15.8. The Kier molecular flexibility index (Phi) is 3.41. The van der Waals surface area contributed by atoms with E-state index in [-0.39, 0.29) is 17.7 Å². The molecule has 5 aromatic rings. The van der Waals surface area contributed by atoms with Crippen molar-refractivity contribution in [2.24, 2.45) is 0 Å². The largest absolute Gasteiger partial charge is 0.467 e. The molecule has 134 valence electrons. The van der Waals surface area contributed by atoms with Gasteiger partial charge in [-0.1, -0.05) is 23.5 Å². The Balaban J connectivity index is 1.72. The molecule has 27 heavy (non-hydrogen) atoms. The van der Waals surface area contributed by atoms with E-state index in [1.807, 2.05) is 24.3 Å². The summed E-state index contributed by atoms with van der Waals surface area (Å²) in [7, 11) is 0. The molecule has 0 aliphatic carbocycles. The fourth-order valence-electron chi connectivity index (χ4n) is 3.26. The molecule has 0 amide bonds. The predicted molar refractivity (Wildman–Crippen MR) is 104 cm³/mol. The van der Waals surface area contributed by atoms with Crippen LogP contribution in [-0.4, -0.2) is 19.3 Å². The SMILES string of the molecule is Cc1c2c(=O)n(-c3nc4ccccc4s3)[nH]c2cc(=O)n1Cc1ccco1. The molecule has 0 saturated carbocycles. The van der Waals surface area contributed by atoms with Gasteiger partial charge in [-0.25, -0.2) is 4.98 Å². The highest BCUT2D eigenvalue weighted by molar-refractivity contribution is 7.20. The van der Waals surface area contributed by atoms with E-state index in [2.05, 4.69) is 10.1 Å². The Morgan fingerprint density at radius 1 is 1.19 bits per heavy atom. The van der Waals surface area contributed by atoms with Crippen molar-refractivity contribution in [1.29, 1.82) is 0 Å². The van der Waals surface area contributed by atoms with Gasteiger partial charge in [0, 0.05) is 11.8 Å².